The number of H-pyrrole nitrogens is 1. The van der Waals surface area contributed by atoms with Crippen molar-refractivity contribution >= 4 is 5.91 Å². The highest BCUT2D eigenvalue weighted by molar-refractivity contribution is 5.90. The molecule has 1 unspecified atom stereocenters. The molecule has 0 radical (unpaired) electrons. The number of hydrogen-bond donors (Lipinski definition) is 2. The third-order valence-electron chi connectivity index (χ3n) is 2.09. The largest absolute Gasteiger partial charge is 0.346 e. The third-order valence-corrected chi connectivity index (χ3v) is 2.09. The van der Waals surface area contributed by atoms with Gasteiger partial charge < -0.3 is 10.2 Å². The molecule has 0 aliphatic rings. The van der Waals surface area contributed by atoms with Crippen LogP contribution in [-0.2, 0) is 6.42 Å². The summed E-state index contributed by atoms with van der Waals surface area (Å²) in [7, 11) is 3.93. The first-order valence-electron chi connectivity index (χ1n) is 5.39. The van der Waals surface area contributed by atoms with Gasteiger partial charge in [-0.05, 0) is 21.0 Å². The van der Waals surface area contributed by atoms with Crippen molar-refractivity contribution in [1.82, 2.24) is 25.4 Å². The molecule has 0 saturated carbocycles. The number of rotatable bonds is 5. The van der Waals surface area contributed by atoms with Crippen LogP contribution in [0.2, 0.25) is 0 Å². The van der Waals surface area contributed by atoms with Crippen LogP contribution in [0.3, 0.4) is 0 Å². The Morgan fingerprint density at radius 3 is 2.75 bits per heavy atom. The van der Waals surface area contributed by atoms with Crippen molar-refractivity contribution < 1.29 is 4.79 Å². The van der Waals surface area contributed by atoms with Crippen LogP contribution in [0.1, 0.15) is 30.3 Å². The molecule has 1 aromatic rings. The van der Waals surface area contributed by atoms with Crippen LogP contribution in [-0.4, -0.2) is 52.7 Å². The molecule has 0 saturated heterocycles. The van der Waals surface area contributed by atoms with Gasteiger partial charge >= 0.3 is 0 Å². The first-order chi connectivity index (χ1) is 7.52. The van der Waals surface area contributed by atoms with Crippen molar-refractivity contribution in [3.8, 4) is 0 Å². The molecule has 0 spiro atoms. The first-order valence-corrected chi connectivity index (χ1v) is 5.39. The van der Waals surface area contributed by atoms with Gasteiger partial charge in [0.15, 0.2) is 0 Å². The average Bonchev–Trinajstić information content (AvgIpc) is 2.64. The molecule has 1 atom stereocenters. The Labute approximate surface area is 95.4 Å². The Morgan fingerprint density at radius 2 is 2.25 bits per heavy atom. The predicted molar refractivity (Wildman–Crippen MR) is 61.2 cm³/mol. The molecule has 2 N–H and O–H groups in total. The molecule has 0 aromatic carbocycles. The molecular weight excluding hydrogens is 206 g/mol. The molecule has 1 heterocycles. The van der Waals surface area contributed by atoms with Crippen molar-refractivity contribution in [1.29, 1.82) is 0 Å². The van der Waals surface area contributed by atoms with Crippen LogP contribution in [0.4, 0.5) is 0 Å². The zero-order valence-corrected chi connectivity index (χ0v) is 10.2. The van der Waals surface area contributed by atoms with E-state index in [1.165, 1.54) is 0 Å². The molecular formula is C10H19N5O. The van der Waals surface area contributed by atoms with E-state index in [0.29, 0.717) is 0 Å². The van der Waals surface area contributed by atoms with Gasteiger partial charge in [0.1, 0.15) is 5.82 Å². The highest BCUT2D eigenvalue weighted by Gasteiger charge is 2.14. The Morgan fingerprint density at radius 1 is 1.56 bits per heavy atom. The maximum Gasteiger partial charge on any atom is 0.291 e. The molecule has 1 amide bonds. The van der Waals surface area contributed by atoms with Crippen LogP contribution in [0, 0.1) is 0 Å². The Balaban J connectivity index is 2.51. The van der Waals surface area contributed by atoms with E-state index < -0.39 is 0 Å². The summed E-state index contributed by atoms with van der Waals surface area (Å²) in [5, 5.41) is 9.41. The molecule has 0 aliphatic carbocycles. The lowest BCUT2D eigenvalue weighted by molar-refractivity contribution is 0.0924. The lowest BCUT2D eigenvalue weighted by Gasteiger charge is -2.17. The van der Waals surface area contributed by atoms with Gasteiger partial charge in [0, 0.05) is 19.0 Å². The highest BCUT2D eigenvalue weighted by atomic mass is 16.2. The second-order valence-corrected chi connectivity index (χ2v) is 4.10. The second kappa shape index (κ2) is 5.60. The summed E-state index contributed by atoms with van der Waals surface area (Å²) in [6.07, 6.45) is 0.744. The van der Waals surface area contributed by atoms with E-state index in [9.17, 15) is 4.79 Å². The fourth-order valence-corrected chi connectivity index (χ4v) is 1.44. The van der Waals surface area contributed by atoms with E-state index in [1.54, 1.807) is 0 Å². The van der Waals surface area contributed by atoms with E-state index in [0.717, 1.165) is 18.8 Å². The van der Waals surface area contributed by atoms with Gasteiger partial charge in [0.2, 0.25) is 5.82 Å². The lowest BCUT2D eigenvalue weighted by Crippen LogP contribution is -2.39. The SMILES string of the molecule is CCc1nc(C(=O)NC(C)CN(C)C)n[nH]1. The maximum atomic E-state index is 11.7. The van der Waals surface area contributed by atoms with E-state index in [4.69, 9.17) is 0 Å². The van der Waals surface area contributed by atoms with Gasteiger partial charge in [-0.1, -0.05) is 6.92 Å². The Hall–Kier alpha value is -1.43. The number of aryl methyl sites for hydroxylation is 1. The topological polar surface area (TPSA) is 73.9 Å². The molecule has 16 heavy (non-hydrogen) atoms. The van der Waals surface area contributed by atoms with Crippen molar-refractivity contribution in [2.45, 2.75) is 26.3 Å². The quantitative estimate of drug-likeness (QED) is 0.742. The predicted octanol–water partition coefficient (Wildman–Crippen LogP) is 0.0470. The Kier molecular flexibility index (Phi) is 4.42. The zero-order valence-electron chi connectivity index (χ0n) is 10.2. The van der Waals surface area contributed by atoms with Crippen LogP contribution >= 0.6 is 0 Å². The smallest absolute Gasteiger partial charge is 0.291 e. The summed E-state index contributed by atoms with van der Waals surface area (Å²) in [4.78, 5) is 17.8. The molecule has 0 fully saturated rings. The zero-order chi connectivity index (χ0) is 12.1. The number of carbonyl (C=O) groups excluding carboxylic acids is 1. The number of aromatic amines is 1. The van der Waals surface area contributed by atoms with Gasteiger partial charge in [0.25, 0.3) is 5.91 Å². The summed E-state index contributed by atoms with van der Waals surface area (Å²) >= 11 is 0. The molecule has 6 heteroatoms. The van der Waals surface area contributed by atoms with Crippen LogP contribution in [0.25, 0.3) is 0 Å². The minimum atomic E-state index is -0.231. The molecule has 0 bridgehead atoms. The van der Waals surface area contributed by atoms with Crippen LogP contribution < -0.4 is 5.32 Å². The first kappa shape index (κ1) is 12.6. The summed E-state index contributed by atoms with van der Waals surface area (Å²) in [5.41, 5.74) is 0. The van der Waals surface area contributed by atoms with Crippen LogP contribution in [0.15, 0.2) is 0 Å². The average molecular weight is 225 g/mol. The van der Waals surface area contributed by atoms with Gasteiger partial charge in [-0.15, -0.1) is 5.10 Å². The molecule has 1 aromatic heterocycles. The number of amides is 1. The fraction of sp³-hybridized carbons (Fsp3) is 0.700. The monoisotopic (exact) mass is 225 g/mol. The minimum absolute atomic E-state index is 0.0751. The number of hydrogen-bond acceptors (Lipinski definition) is 4. The fourth-order valence-electron chi connectivity index (χ4n) is 1.44. The number of likely N-dealkylation sites (N-methyl/N-ethyl adjacent to an activating group) is 1. The maximum absolute atomic E-state index is 11.7. The van der Waals surface area contributed by atoms with E-state index >= 15 is 0 Å². The molecule has 0 aliphatic heterocycles. The number of carbonyl (C=O) groups is 1. The summed E-state index contributed by atoms with van der Waals surface area (Å²) in [6, 6.07) is 0.0751. The minimum Gasteiger partial charge on any atom is -0.346 e. The number of nitrogens with zero attached hydrogens (tertiary/aromatic N) is 3. The van der Waals surface area contributed by atoms with Gasteiger partial charge in [-0.25, -0.2) is 4.98 Å². The number of aromatic nitrogens is 3. The second-order valence-electron chi connectivity index (χ2n) is 4.10. The molecule has 6 nitrogen and oxygen atoms in total. The lowest BCUT2D eigenvalue weighted by atomic mass is 10.3. The summed E-state index contributed by atoms with van der Waals surface area (Å²) in [5.74, 6) is 0.707. The standard InChI is InChI=1S/C10H19N5O/c1-5-8-12-9(14-13-8)10(16)11-7(2)6-15(3)4/h7H,5-6H2,1-4H3,(H,11,16)(H,12,13,14). The molecule has 1 rings (SSSR count). The van der Waals surface area contributed by atoms with Crippen molar-refractivity contribution in [3.05, 3.63) is 11.6 Å². The van der Waals surface area contributed by atoms with E-state index in [2.05, 4.69) is 20.5 Å². The van der Waals surface area contributed by atoms with Crippen molar-refractivity contribution in [2.24, 2.45) is 0 Å². The van der Waals surface area contributed by atoms with E-state index in [1.807, 2.05) is 32.8 Å². The van der Waals surface area contributed by atoms with E-state index in [-0.39, 0.29) is 17.8 Å². The molecule has 90 valence electrons. The van der Waals surface area contributed by atoms with Crippen molar-refractivity contribution in [3.63, 3.8) is 0 Å². The highest BCUT2D eigenvalue weighted by Crippen LogP contribution is 1.95. The number of nitrogens with one attached hydrogen (secondary N) is 2. The summed E-state index contributed by atoms with van der Waals surface area (Å²) < 4.78 is 0. The van der Waals surface area contributed by atoms with Gasteiger partial charge in [-0.3, -0.25) is 9.89 Å². The normalized spacial score (nSPS) is 12.8. The summed E-state index contributed by atoms with van der Waals surface area (Å²) in [6.45, 7) is 4.69. The van der Waals surface area contributed by atoms with Crippen LogP contribution in [0.5, 0.6) is 0 Å². The Bertz CT molecular complexity index is 347. The van der Waals surface area contributed by atoms with Crippen molar-refractivity contribution in [2.75, 3.05) is 20.6 Å². The van der Waals surface area contributed by atoms with Gasteiger partial charge in [-0.2, -0.15) is 0 Å². The third kappa shape index (κ3) is 3.62. The van der Waals surface area contributed by atoms with Gasteiger partial charge in [0.05, 0.1) is 0 Å².